The van der Waals surface area contributed by atoms with Crippen LogP contribution in [0.25, 0.3) is 0 Å². The highest BCUT2D eigenvalue weighted by molar-refractivity contribution is 5.75. The van der Waals surface area contributed by atoms with Gasteiger partial charge >= 0.3 is 47.8 Å². The first-order chi connectivity index (χ1) is 68.0. The molecule has 36 nitrogen and oxygen atoms in total. The lowest BCUT2D eigenvalue weighted by atomic mass is 9.80. The van der Waals surface area contributed by atoms with Crippen molar-refractivity contribution in [1.82, 2.24) is 0 Å². The number of benzene rings is 12. The van der Waals surface area contributed by atoms with Gasteiger partial charge in [0.25, 0.3) is 0 Å². The Morgan fingerprint density at radius 2 is 0.336 bits per heavy atom. The minimum absolute atomic E-state index is 0.0124. The van der Waals surface area contributed by atoms with Gasteiger partial charge in [0.2, 0.25) is 0 Å². The van der Waals surface area contributed by atoms with E-state index in [4.69, 9.17) is 56.8 Å². The van der Waals surface area contributed by atoms with Crippen LogP contribution in [0.15, 0.2) is 284 Å². The molecule has 0 atom stereocenters. The second kappa shape index (κ2) is 50.7. The summed E-state index contributed by atoms with van der Waals surface area (Å²) in [6, 6.07) is 67.9. The summed E-state index contributed by atoms with van der Waals surface area (Å²) in [4.78, 5) is 106. The van der Waals surface area contributed by atoms with Crippen LogP contribution < -0.4 is 56.8 Å². The zero-order valence-corrected chi connectivity index (χ0v) is 75.4. The molecule has 0 fully saturated rings. The Bertz CT molecular complexity index is 5510. The summed E-state index contributed by atoms with van der Waals surface area (Å²) < 4.78 is 77.2. The highest BCUT2D eigenvalue weighted by Gasteiger charge is 2.34. The lowest BCUT2D eigenvalue weighted by molar-refractivity contribution is -0.140. The normalized spacial score (nSPS) is 11.7. The highest BCUT2D eigenvalue weighted by atomic mass is 16.5. The van der Waals surface area contributed by atoms with E-state index in [0.29, 0.717) is 68.5 Å². The third kappa shape index (κ3) is 30.2. The topological polar surface area (TPSA) is 508 Å². The number of nitrogens with zero attached hydrogens (tertiary/aromatic N) is 8. The zero-order valence-electron chi connectivity index (χ0n) is 75.4. The van der Waals surface area contributed by atoms with E-state index < -0.39 is 126 Å². The lowest BCUT2D eigenvalue weighted by Gasteiger charge is -2.29. The van der Waals surface area contributed by atoms with Gasteiger partial charge in [0.05, 0.1) is 71.9 Å². The van der Waals surface area contributed by atoms with Crippen molar-refractivity contribution in [3.05, 3.63) is 309 Å². The Kier molecular flexibility index (Phi) is 36.1. The highest BCUT2D eigenvalue weighted by Crippen LogP contribution is 2.49. The molecule has 0 saturated heterocycles. The van der Waals surface area contributed by atoms with Crippen molar-refractivity contribution >= 4 is 93.3 Å². The molecule has 8 N–H and O–H groups in total. The second-order valence-corrected chi connectivity index (χ2v) is 31.3. The summed E-state index contributed by atoms with van der Waals surface area (Å²) in [5, 5.41) is 121. The van der Waals surface area contributed by atoms with E-state index in [1.54, 1.807) is 146 Å². The minimum atomic E-state index is -1.50. The van der Waals surface area contributed by atoms with Crippen molar-refractivity contribution in [3.8, 4) is 69.0 Å². The van der Waals surface area contributed by atoms with Gasteiger partial charge in [-0.15, -0.1) is 0 Å². The Balaban J connectivity index is 1.08. The number of ether oxygens (including phenoxy) is 12. The van der Waals surface area contributed by atoms with Gasteiger partial charge < -0.3 is 97.7 Å². The average Bonchev–Trinajstić information content (AvgIpc) is 0.742. The molecule has 0 amide bonds. The lowest BCUT2D eigenvalue weighted by Crippen LogP contribution is -2.20. The number of hydrogen-bond acceptors (Lipinski definition) is 28. The Labute approximate surface area is 801 Å². The largest absolute Gasteiger partial charge is 0.494 e. The summed E-state index contributed by atoms with van der Waals surface area (Å²) >= 11 is 0. The van der Waals surface area contributed by atoms with Crippen LogP contribution in [0.4, 0.5) is 45.5 Å². The zero-order chi connectivity index (χ0) is 98.5. The second-order valence-electron chi connectivity index (χ2n) is 31.3. The minimum Gasteiger partial charge on any atom is -0.494 e. The molecule has 1 aliphatic rings. The fraction of sp³-hybridized carbons (Fsp3) is 0.231. The molecule has 36 heteroatoms. The molecule has 13 rings (SSSR count). The molecule has 0 aliphatic heterocycles. The van der Waals surface area contributed by atoms with Gasteiger partial charge in [-0.3, -0.25) is 0 Å². The molecule has 0 heterocycles. The molecule has 0 unspecified atom stereocenters. The number of carboxylic acid groups (broad SMARTS) is 8. The average molecular weight is 1910 g/mol. The van der Waals surface area contributed by atoms with E-state index in [1.807, 2.05) is 72.8 Å². The van der Waals surface area contributed by atoms with Gasteiger partial charge in [-0.25, -0.2) is 38.4 Å². The van der Waals surface area contributed by atoms with Gasteiger partial charge in [0, 0.05) is 94.5 Å². The van der Waals surface area contributed by atoms with Crippen molar-refractivity contribution in [1.29, 1.82) is 0 Å². The van der Waals surface area contributed by atoms with Crippen LogP contribution in [-0.2, 0) is 89.7 Å². The number of carboxylic acids is 8. The molecule has 8 bridgehead atoms. The van der Waals surface area contributed by atoms with Gasteiger partial charge in [0.15, 0.2) is 52.9 Å². The van der Waals surface area contributed by atoms with Gasteiger partial charge in [-0.05, 0) is 219 Å². The summed E-state index contributed by atoms with van der Waals surface area (Å²) in [5.41, 5.74) is 5.79. The summed E-state index contributed by atoms with van der Waals surface area (Å²) in [5.74, 6) is -12.7. The quantitative estimate of drug-likeness (QED) is 0.0130. The molecule has 0 radical (unpaired) electrons. The van der Waals surface area contributed by atoms with Gasteiger partial charge in [-0.2, -0.15) is 40.9 Å². The molecule has 140 heavy (non-hydrogen) atoms. The van der Waals surface area contributed by atoms with Gasteiger partial charge in [-0.1, -0.05) is 72.8 Å². The monoisotopic (exact) mass is 1900 g/mol. The van der Waals surface area contributed by atoms with Crippen LogP contribution in [0.2, 0.25) is 0 Å². The van der Waals surface area contributed by atoms with Crippen molar-refractivity contribution in [2.24, 2.45) is 40.9 Å². The predicted molar refractivity (Wildman–Crippen MR) is 506 cm³/mol. The summed E-state index contributed by atoms with van der Waals surface area (Å²) in [6.45, 7) is -9.10. The predicted octanol–water partition coefficient (Wildman–Crippen LogP) is 19.8. The third-order valence-corrected chi connectivity index (χ3v) is 21.4. The van der Waals surface area contributed by atoms with E-state index in [9.17, 15) is 79.2 Å². The molecule has 0 spiro atoms. The van der Waals surface area contributed by atoms with E-state index in [-0.39, 0.29) is 191 Å². The molecular formula is C104H96N8O28. The SMILES string of the molecule is O=C(O)COc1cc(OCC(=O)O)c2c(CCCOc3ccc(N=Nc4ccccc4)cc3)c1Cc1c(OCC(=O)O)cc(OCC(=O)O)c(c1CCCOc1ccc(N=Nc3ccccc3)cc1)Cc1c(OCC(=O)O)cc(OCC(=O)O)c(c1CCCOc1ccc(N=Nc3ccccc3)cc1)Cc1c(OCC(=O)O)cc(OCC(=O)O)c(c1CCCOc1ccc(N=Nc3ccccc3)cc1)C2. The third-order valence-electron chi connectivity index (χ3n) is 21.4. The fourth-order valence-corrected chi connectivity index (χ4v) is 15.3. The van der Waals surface area contributed by atoms with Crippen LogP contribution in [0.1, 0.15) is 92.4 Å². The number of carbonyl (C=O) groups is 8. The van der Waals surface area contributed by atoms with Gasteiger partial charge in [0.1, 0.15) is 69.0 Å². The number of hydrogen-bond donors (Lipinski definition) is 8. The standard InChI is InChI=1S/C104H96N8O28/c113-97(114)57-133-89-53-90(134-58-98(115)116)82-50-84-79(27-15-47-131-75-41-33-71(34-42-75)111-107-67-21-9-3-10-22-67)86(94(138-62-102(123)124)55-92(84)136-60-100(119)120)52-88-80(28-16-48-132-76-43-35-72(36-44-76)112-108-68-23-11-4-12-24-68)87(95(139-63-103(125)126)56-96(88)140-64-104(127)128)51-85-78(26-14-46-130-74-39-31-70(32-40-74)110-106-66-19-7-2-8-20-66)83(91(135-59-99(117)118)54-93(85)137-61-101(121)122)49-81(89)77(82)25-13-45-129-73-37-29-69(30-38-73)109-105-65-17-5-1-6-18-65/h1-12,17-24,29-44,53-56H,13-16,25-28,45-52,57-64H2,(H,113,114)(H,115,116)(H,117,118)(H,119,120)(H,121,122)(H,123,124)(H,125,126)(H,127,128). The fourth-order valence-electron chi connectivity index (χ4n) is 15.3. The van der Waals surface area contributed by atoms with Crippen LogP contribution in [0, 0.1) is 0 Å². The van der Waals surface area contributed by atoms with Crippen molar-refractivity contribution < 1.29 is 136 Å². The smallest absolute Gasteiger partial charge is 0.341 e. The van der Waals surface area contributed by atoms with Crippen molar-refractivity contribution in [2.45, 2.75) is 77.0 Å². The van der Waals surface area contributed by atoms with E-state index in [1.165, 1.54) is 24.3 Å². The van der Waals surface area contributed by atoms with Crippen molar-refractivity contribution in [2.75, 3.05) is 79.3 Å². The van der Waals surface area contributed by atoms with Crippen LogP contribution in [-0.4, -0.2) is 168 Å². The summed E-state index contributed by atoms with van der Waals surface area (Å²) in [6.07, 6.45) is -2.67. The molecular weight excluding hydrogens is 1810 g/mol. The summed E-state index contributed by atoms with van der Waals surface area (Å²) in [7, 11) is 0. The number of rotatable bonds is 52. The maximum Gasteiger partial charge on any atom is 0.341 e. The first-order valence-electron chi connectivity index (χ1n) is 44.2. The molecule has 12 aromatic rings. The molecule has 12 aromatic carbocycles. The molecule has 720 valence electrons. The Morgan fingerprint density at radius 3 is 0.479 bits per heavy atom. The van der Waals surface area contributed by atoms with Crippen molar-refractivity contribution in [3.63, 3.8) is 0 Å². The van der Waals surface area contributed by atoms with E-state index in [0.717, 1.165) is 0 Å². The number of azo groups is 4. The molecule has 1 aliphatic carbocycles. The van der Waals surface area contributed by atoms with Crippen LogP contribution in [0.3, 0.4) is 0 Å². The number of aliphatic carboxylic acids is 8. The Hall–Kier alpha value is -17.6. The first kappa shape index (κ1) is 99.9. The number of fused-ring (bicyclic) bond motifs is 8. The maximum atomic E-state index is 13.2. The van der Waals surface area contributed by atoms with E-state index in [2.05, 4.69) is 40.9 Å². The first-order valence-corrected chi connectivity index (χ1v) is 44.2. The van der Waals surface area contributed by atoms with E-state index >= 15 is 0 Å². The van der Waals surface area contributed by atoms with Crippen LogP contribution in [0.5, 0.6) is 69.0 Å². The Morgan fingerprint density at radius 1 is 0.193 bits per heavy atom. The maximum absolute atomic E-state index is 13.2. The molecule has 0 aromatic heterocycles. The molecule has 0 saturated carbocycles. The van der Waals surface area contributed by atoms with Crippen LogP contribution >= 0.6 is 0 Å².